The fourth-order valence-corrected chi connectivity index (χ4v) is 3.86. The van der Waals surface area contributed by atoms with Crippen molar-refractivity contribution in [3.8, 4) is 11.4 Å². The van der Waals surface area contributed by atoms with E-state index in [2.05, 4.69) is 68.3 Å². The first-order chi connectivity index (χ1) is 15.4. The highest BCUT2D eigenvalue weighted by molar-refractivity contribution is 5.65. The minimum atomic E-state index is -0.656. The highest BCUT2D eigenvalue weighted by Gasteiger charge is 2.18. The van der Waals surface area contributed by atoms with Crippen LogP contribution in [0.3, 0.4) is 0 Å². The van der Waals surface area contributed by atoms with E-state index in [1.54, 1.807) is 0 Å². The second-order valence-electron chi connectivity index (χ2n) is 8.48. The number of hydrogen-bond acceptors (Lipinski definition) is 6. The molecule has 0 spiro atoms. The van der Waals surface area contributed by atoms with Gasteiger partial charge in [0.15, 0.2) is 5.82 Å². The normalized spacial score (nSPS) is 14.9. The van der Waals surface area contributed by atoms with E-state index in [1.807, 2.05) is 6.07 Å². The molecule has 1 saturated heterocycles. The molecule has 1 fully saturated rings. The third-order valence-electron chi connectivity index (χ3n) is 5.54. The molecule has 7 nitrogen and oxygen atoms in total. The lowest BCUT2D eigenvalue weighted by Gasteiger charge is -2.36. The van der Waals surface area contributed by atoms with Gasteiger partial charge in [0, 0.05) is 62.3 Å². The monoisotopic (exact) mass is 441 g/mol. The summed E-state index contributed by atoms with van der Waals surface area (Å²) >= 11 is 0. The maximum Gasteiger partial charge on any atom is 0.246 e. The first-order valence-electron chi connectivity index (χ1n) is 10.8. The molecule has 0 atom stereocenters. The maximum absolute atomic E-state index is 13.5. The van der Waals surface area contributed by atoms with Crippen LogP contribution in [0.25, 0.3) is 11.4 Å². The number of aromatic nitrogens is 3. The molecule has 0 aliphatic carbocycles. The summed E-state index contributed by atoms with van der Waals surface area (Å²) in [6.45, 7) is 8.25. The predicted octanol–water partition coefficient (Wildman–Crippen LogP) is 3.49. The predicted molar refractivity (Wildman–Crippen MR) is 123 cm³/mol. The summed E-state index contributed by atoms with van der Waals surface area (Å²) in [5.41, 5.74) is 3.46. The number of piperazine rings is 1. The Morgan fingerprint density at radius 3 is 2.41 bits per heavy atom. The fraction of sp³-hybridized carbons (Fsp3) is 0.391. The van der Waals surface area contributed by atoms with Crippen molar-refractivity contribution in [2.24, 2.45) is 0 Å². The van der Waals surface area contributed by atoms with Gasteiger partial charge in [0.05, 0.1) is 0 Å². The minimum absolute atomic E-state index is 0.299. The highest BCUT2D eigenvalue weighted by Crippen LogP contribution is 2.26. The number of H-pyrrole nitrogens is 1. The van der Waals surface area contributed by atoms with Gasteiger partial charge in [-0.1, -0.05) is 0 Å². The van der Waals surface area contributed by atoms with Gasteiger partial charge in [-0.15, -0.1) is 5.10 Å². The van der Waals surface area contributed by atoms with Crippen LogP contribution in [-0.2, 0) is 0 Å². The van der Waals surface area contributed by atoms with Crippen LogP contribution >= 0.6 is 0 Å². The molecule has 32 heavy (non-hydrogen) atoms. The van der Waals surface area contributed by atoms with E-state index < -0.39 is 11.6 Å². The number of hydrogen-bond donors (Lipinski definition) is 2. The van der Waals surface area contributed by atoms with Crippen LogP contribution in [0.1, 0.15) is 5.56 Å². The Bertz CT molecular complexity index is 1040. The second kappa shape index (κ2) is 9.62. The van der Waals surface area contributed by atoms with Crippen molar-refractivity contribution in [3.63, 3.8) is 0 Å². The number of benzene rings is 2. The highest BCUT2D eigenvalue weighted by atomic mass is 19.1. The molecule has 170 valence electrons. The molecular weight excluding hydrogens is 412 g/mol. The summed E-state index contributed by atoms with van der Waals surface area (Å²) in [7, 11) is 4.20. The van der Waals surface area contributed by atoms with Crippen LogP contribution in [0.4, 0.5) is 26.1 Å². The number of halogens is 2. The van der Waals surface area contributed by atoms with E-state index >= 15 is 0 Å². The molecular formula is C23H29F2N7. The third kappa shape index (κ3) is 5.60. The zero-order chi connectivity index (χ0) is 22.7. The lowest BCUT2D eigenvalue weighted by atomic mass is 10.1. The van der Waals surface area contributed by atoms with Gasteiger partial charge in [-0.05, 0) is 56.9 Å². The topological polar surface area (TPSA) is 63.3 Å². The molecule has 1 aliphatic rings. The largest absolute Gasteiger partial charge is 0.369 e. The van der Waals surface area contributed by atoms with Crippen LogP contribution < -0.4 is 10.2 Å². The van der Waals surface area contributed by atoms with Gasteiger partial charge < -0.3 is 15.1 Å². The van der Waals surface area contributed by atoms with Crippen molar-refractivity contribution in [2.45, 2.75) is 6.92 Å². The zero-order valence-electron chi connectivity index (χ0n) is 18.7. The summed E-state index contributed by atoms with van der Waals surface area (Å²) in [6.07, 6.45) is 0. The average Bonchev–Trinajstić information content (AvgIpc) is 3.20. The molecule has 4 rings (SSSR count). The molecule has 0 bridgehead atoms. The average molecular weight is 442 g/mol. The quantitative estimate of drug-likeness (QED) is 0.585. The molecule has 0 unspecified atom stereocenters. The van der Waals surface area contributed by atoms with Crippen LogP contribution in [0.2, 0.25) is 0 Å². The van der Waals surface area contributed by atoms with Gasteiger partial charge in [0.1, 0.15) is 11.6 Å². The van der Waals surface area contributed by atoms with Gasteiger partial charge in [0.25, 0.3) is 0 Å². The molecule has 0 saturated carbocycles. The molecule has 2 aromatic carbocycles. The Morgan fingerprint density at radius 2 is 1.72 bits per heavy atom. The maximum atomic E-state index is 13.5. The standard InChI is InChI=1S/C23H29F2N7/c1-16-10-20(15-21(11-16)32-8-6-31(7-9-32)5-4-30(2)3)26-23-27-22(28-29-23)17-12-18(24)14-19(25)13-17/h10-15H,4-9H2,1-3H3,(H2,26,27,28,29). The second-order valence-corrected chi connectivity index (χ2v) is 8.48. The minimum Gasteiger partial charge on any atom is -0.369 e. The Balaban J connectivity index is 1.43. The number of nitrogens with one attached hydrogen (secondary N) is 2. The Labute approximate surface area is 187 Å². The van der Waals surface area contributed by atoms with E-state index in [4.69, 9.17) is 0 Å². The zero-order valence-corrected chi connectivity index (χ0v) is 18.7. The molecule has 1 aliphatic heterocycles. The lowest BCUT2D eigenvalue weighted by molar-refractivity contribution is 0.229. The molecule has 9 heteroatoms. The van der Waals surface area contributed by atoms with Crippen molar-refractivity contribution >= 4 is 17.3 Å². The van der Waals surface area contributed by atoms with Crippen LogP contribution in [0.15, 0.2) is 36.4 Å². The number of anilines is 3. The molecule has 3 aromatic rings. The van der Waals surface area contributed by atoms with Gasteiger partial charge in [0.2, 0.25) is 5.95 Å². The van der Waals surface area contributed by atoms with Gasteiger partial charge in [-0.3, -0.25) is 10.00 Å². The molecule has 2 N–H and O–H groups in total. The van der Waals surface area contributed by atoms with Gasteiger partial charge in [-0.2, -0.15) is 4.98 Å². The summed E-state index contributed by atoms with van der Waals surface area (Å²) in [6, 6.07) is 9.55. The van der Waals surface area contributed by atoms with Crippen molar-refractivity contribution in [1.29, 1.82) is 0 Å². The first-order valence-corrected chi connectivity index (χ1v) is 10.8. The fourth-order valence-electron chi connectivity index (χ4n) is 3.86. The van der Waals surface area contributed by atoms with Crippen molar-refractivity contribution in [3.05, 3.63) is 53.6 Å². The SMILES string of the molecule is Cc1cc(Nc2n[nH]c(-c3cc(F)cc(F)c3)n2)cc(N2CCN(CCN(C)C)CC2)c1. The molecule has 1 aromatic heterocycles. The Hall–Kier alpha value is -3.04. The van der Waals surface area contributed by atoms with Crippen LogP contribution in [0, 0.1) is 18.6 Å². The first kappa shape index (κ1) is 22.2. The Kier molecular flexibility index (Phi) is 6.66. The van der Waals surface area contributed by atoms with Gasteiger partial charge in [-0.25, -0.2) is 8.78 Å². The number of likely N-dealkylation sites (N-methyl/N-ethyl adjacent to an activating group) is 1. The molecule has 2 heterocycles. The van der Waals surface area contributed by atoms with E-state index in [9.17, 15) is 8.78 Å². The van der Waals surface area contributed by atoms with Crippen molar-refractivity contribution in [2.75, 3.05) is 63.6 Å². The summed E-state index contributed by atoms with van der Waals surface area (Å²) < 4.78 is 27.0. The number of aromatic amines is 1. The molecule has 0 radical (unpaired) electrons. The van der Waals surface area contributed by atoms with Crippen molar-refractivity contribution < 1.29 is 8.78 Å². The number of nitrogens with zero attached hydrogens (tertiary/aromatic N) is 5. The lowest BCUT2D eigenvalue weighted by Crippen LogP contribution is -2.48. The van der Waals surface area contributed by atoms with E-state index in [0.29, 0.717) is 17.3 Å². The summed E-state index contributed by atoms with van der Waals surface area (Å²) in [5.74, 6) is -0.672. The summed E-state index contributed by atoms with van der Waals surface area (Å²) in [5, 5.41) is 10.1. The van der Waals surface area contributed by atoms with Crippen LogP contribution in [0.5, 0.6) is 0 Å². The van der Waals surface area contributed by atoms with Gasteiger partial charge >= 0.3 is 0 Å². The Morgan fingerprint density at radius 1 is 1.00 bits per heavy atom. The number of aryl methyl sites for hydroxylation is 1. The van der Waals surface area contributed by atoms with E-state index in [0.717, 1.165) is 62.3 Å². The molecule has 0 amide bonds. The van der Waals surface area contributed by atoms with Crippen LogP contribution in [-0.4, -0.2) is 78.3 Å². The smallest absolute Gasteiger partial charge is 0.246 e. The van der Waals surface area contributed by atoms with Crippen molar-refractivity contribution in [1.82, 2.24) is 25.0 Å². The van der Waals surface area contributed by atoms with E-state index in [1.165, 1.54) is 12.1 Å². The van der Waals surface area contributed by atoms with E-state index in [-0.39, 0.29) is 0 Å². The summed E-state index contributed by atoms with van der Waals surface area (Å²) in [4.78, 5) is 11.4. The third-order valence-corrected chi connectivity index (χ3v) is 5.54. The number of rotatable bonds is 7.